The molecule has 3 aromatic rings. The van der Waals surface area contributed by atoms with Crippen molar-refractivity contribution in [1.29, 1.82) is 0 Å². The fourth-order valence-electron chi connectivity index (χ4n) is 3.98. The van der Waals surface area contributed by atoms with Crippen molar-refractivity contribution < 1.29 is 41.3 Å². The third kappa shape index (κ3) is 4.42. The molecule has 4 rings (SSSR count). The molecule has 2 N–H and O–H groups in total. The number of nitrogens with two attached hydrogens (primary N) is 1. The monoisotopic (exact) mass is 505 g/mol. The zero-order valence-electron chi connectivity index (χ0n) is 18.9. The number of carbonyl (C=O) groups is 1. The maximum Gasteiger partial charge on any atom is 0.387 e. The minimum Gasteiger partial charge on any atom is -0.493 e. The molecule has 0 saturated carbocycles. The number of benzene rings is 2. The van der Waals surface area contributed by atoms with Gasteiger partial charge in [0.15, 0.2) is 23.1 Å². The van der Waals surface area contributed by atoms with Gasteiger partial charge in [-0.3, -0.25) is 14.8 Å². The fourth-order valence-corrected chi connectivity index (χ4v) is 3.98. The van der Waals surface area contributed by atoms with Gasteiger partial charge in [0.05, 0.1) is 12.6 Å². The Labute approximate surface area is 201 Å². The lowest BCUT2D eigenvalue weighted by atomic mass is 9.79. The van der Waals surface area contributed by atoms with E-state index in [1.54, 1.807) is 0 Å². The van der Waals surface area contributed by atoms with Crippen LogP contribution in [0.5, 0.6) is 23.0 Å². The van der Waals surface area contributed by atoms with Crippen LogP contribution >= 0.6 is 0 Å². The zero-order chi connectivity index (χ0) is 26.0. The third-order valence-corrected chi connectivity index (χ3v) is 5.59. The second-order valence-electron chi connectivity index (χ2n) is 7.57. The Hall–Kier alpha value is -4.19. The molecule has 2 heterocycles. The molecule has 0 fully saturated rings. The van der Waals surface area contributed by atoms with E-state index in [9.17, 15) is 18.0 Å². The molecule has 2 aromatic carbocycles. The number of nitrogens with zero attached hydrogens (tertiary/aromatic N) is 2. The minimum atomic E-state index is -3.11. The van der Waals surface area contributed by atoms with Gasteiger partial charge in [-0.2, -0.15) is 8.78 Å². The molecule has 1 amide bonds. The summed E-state index contributed by atoms with van der Waals surface area (Å²) in [5.74, 6) is -4.92. The van der Waals surface area contributed by atoms with Crippen LogP contribution in [0.25, 0.3) is 10.9 Å². The van der Waals surface area contributed by atoms with E-state index < -0.39 is 41.4 Å². The lowest BCUT2D eigenvalue weighted by Gasteiger charge is -2.36. The van der Waals surface area contributed by atoms with Crippen molar-refractivity contribution in [1.82, 2.24) is 4.98 Å². The number of hydrogen-bond acceptors (Lipinski definition) is 7. The number of aliphatic imine (C=N–C) groups is 1. The van der Waals surface area contributed by atoms with Gasteiger partial charge < -0.3 is 24.7 Å². The van der Waals surface area contributed by atoms with Crippen molar-refractivity contribution in [3.63, 3.8) is 0 Å². The number of halogens is 4. The van der Waals surface area contributed by atoms with Gasteiger partial charge in [0.1, 0.15) is 23.1 Å². The van der Waals surface area contributed by atoms with Crippen molar-refractivity contribution in [2.24, 2.45) is 16.6 Å². The standard InChI is InChI=1S/C24H19F4N3O5/c1-33-19-9-13-17(10-20(19)36-23(27)28)31-5-3-18(13)35-21-14(7-12(25)8-16(21)26)24(34-2)4-6-30-11-15(24)22(29)32/h3-11,15,23H,1-2H3,(H2,29,32). The first-order chi connectivity index (χ1) is 17.2. The van der Waals surface area contributed by atoms with Crippen molar-refractivity contribution in [2.75, 3.05) is 14.2 Å². The summed E-state index contributed by atoms with van der Waals surface area (Å²) in [6.45, 7) is -3.11. The smallest absolute Gasteiger partial charge is 0.387 e. The summed E-state index contributed by atoms with van der Waals surface area (Å²) in [4.78, 5) is 20.2. The van der Waals surface area contributed by atoms with Crippen LogP contribution < -0.4 is 19.9 Å². The highest BCUT2D eigenvalue weighted by molar-refractivity contribution is 5.95. The Balaban J connectivity index is 1.90. The van der Waals surface area contributed by atoms with Crippen molar-refractivity contribution in [3.8, 4) is 23.0 Å². The molecule has 2 atom stereocenters. The van der Waals surface area contributed by atoms with Gasteiger partial charge in [-0.15, -0.1) is 0 Å². The Kier molecular flexibility index (Phi) is 6.80. The summed E-state index contributed by atoms with van der Waals surface area (Å²) in [6.07, 6.45) is 5.14. The van der Waals surface area contributed by atoms with Gasteiger partial charge in [0.2, 0.25) is 5.91 Å². The Bertz CT molecular complexity index is 1380. The molecular weight excluding hydrogens is 486 g/mol. The summed E-state index contributed by atoms with van der Waals surface area (Å²) in [7, 11) is 2.49. The van der Waals surface area contributed by atoms with E-state index in [0.717, 1.165) is 6.07 Å². The SMILES string of the molecule is COc1cc2c(Oc3c(F)cc(F)cc3C3(OC)C=CN=CC3C(N)=O)ccnc2cc1OC(F)F. The molecule has 0 saturated heterocycles. The van der Waals surface area contributed by atoms with E-state index in [1.165, 1.54) is 57.1 Å². The molecule has 2 unspecified atom stereocenters. The molecule has 0 aliphatic carbocycles. The lowest BCUT2D eigenvalue weighted by molar-refractivity contribution is -0.126. The van der Waals surface area contributed by atoms with Crippen LogP contribution in [0.2, 0.25) is 0 Å². The summed E-state index contributed by atoms with van der Waals surface area (Å²) in [6, 6.07) is 5.46. The number of fused-ring (bicyclic) bond motifs is 1. The number of pyridine rings is 1. The molecule has 0 bridgehead atoms. The zero-order valence-corrected chi connectivity index (χ0v) is 18.9. The highest BCUT2D eigenvalue weighted by Gasteiger charge is 2.46. The number of hydrogen-bond donors (Lipinski definition) is 1. The average molecular weight is 505 g/mol. The number of methoxy groups -OCH3 is 2. The number of aromatic nitrogens is 1. The van der Waals surface area contributed by atoms with Crippen molar-refractivity contribution in [2.45, 2.75) is 12.2 Å². The molecule has 188 valence electrons. The highest BCUT2D eigenvalue weighted by Crippen LogP contribution is 2.45. The Morgan fingerprint density at radius 2 is 1.89 bits per heavy atom. The van der Waals surface area contributed by atoms with Crippen LogP contribution in [0.1, 0.15) is 5.56 Å². The molecule has 36 heavy (non-hydrogen) atoms. The largest absolute Gasteiger partial charge is 0.493 e. The molecule has 1 aromatic heterocycles. The Morgan fingerprint density at radius 1 is 1.11 bits per heavy atom. The van der Waals surface area contributed by atoms with Gasteiger partial charge in [0, 0.05) is 48.8 Å². The average Bonchev–Trinajstić information content (AvgIpc) is 2.84. The number of amides is 1. The summed E-state index contributed by atoms with van der Waals surface area (Å²) in [5.41, 5.74) is 3.77. The van der Waals surface area contributed by atoms with Crippen molar-refractivity contribution >= 4 is 23.0 Å². The van der Waals surface area contributed by atoms with Gasteiger partial charge in [0.25, 0.3) is 0 Å². The second kappa shape index (κ2) is 9.82. The molecule has 0 radical (unpaired) electrons. The van der Waals surface area contributed by atoms with Crippen LogP contribution in [0.3, 0.4) is 0 Å². The van der Waals surface area contributed by atoms with Crippen LogP contribution in [0, 0.1) is 17.6 Å². The highest BCUT2D eigenvalue weighted by atomic mass is 19.3. The van der Waals surface area contributed by atoms with Crippen LogP contribution in [-0.4, -0.2) is 37.9 Å². The lowest BCUT2D eigenvalue weighted by Crippen LogP contribution is -2.45. The number of ether oxygens (including phenoxy) is 4. The minimum absolute atomic E-state index is 0.0176. The molecule has 1 aliphatic heterocycles. The number of primary amides is 1. The van der Waals surface area contributed by atoms with Crippen LogP contribution in [0.4, 0.5) is 17.6 Å². The number of rotatable bonds is 8. The van der Waals surface area contributed by atoms with Crippen LogP contribution in [0.15, 0.2) is 53.8 Å². The maximum atomic E-state index is 15.2. The topological polar surface area (TPSA) is 105 Å². The predicted octanol–water partition coefficient (Wildman–Crippen LogP) is 4.46. The van der Waals surface area contributed by atoms with Crippen LogP contribution in [-0.2, 0) is 15.1 Å². The third-order valence-electron chi connectivity index (χ3n) is 5.59. The number of alkyl halides is 2. The normalized spacial score (nSPS) is 19.0. The van der Waals surface area contributed by atoms with E-state index in [1.807, 2.05) is 0 Å². The van der Waals surface area contributed by atoms with Gasteiger partial charge in [-0.1, -0.05) is 0 Å². The summed E-state index contributed by atoms with van der Waals surface area (Å²) >= 11 is 0. The first-order valence-electron chi connectivity index (χ1n) is 10.3. The molecule has 8 nitrogen and oxygen atoms in total. The first kappa shape index (κ1) is 24.9. The predicted molar refractivity (Wildman–Crippen MR) is 120 cm³/mol. The fraction of sp³-hybridized carbons (Fsp3) is 0.208. The van der Waals surface area contributed by atoms with Crippen molar-refractivity contribution in [3.05, 3.63) is 66.0 Å². The molecule has 1 aliphatic rings. The van der Waals surface area contributed by atoms with E-state index in [0.29, 0.717) is 6.07 Å². The van der Waals surface area contributed by atoms with E-state index >= 15 is 4.39 Å². The summed E-state index contributed by atoms with van der Waals surface area (Å²) in [5, 5.41) is 0.240. The number of carbonyl (C=O) groups excluding carboxylic acids is 1. The first-order valence-corrected chi connectivity index (χ1v) is 10.3. The second-order valence-corrected chi connectivity index (χ2v) is 7.57. The van der Waals surface area contributed by atoms with E-state index in [4.69, 9.17) is 19.9 Å². The van der Waals surface area contributed by atoms with Gasteiger partial charge in [-0.25, -0.2) is 8.78 Å². The Morgan fingerprint density at radius 3 is 2.56 bits per heavy atom. The quantitative estimate of drug-likeness (QED) is 0.454. The molecule has 0 spiro atoms. The van der Waals surface area contributed by atoms with E-state index in [2.05, 4.69) is 14.7 Å². The molecule has 12 heteroatoms. The maximum absolute atomic E-state index is 15.2. The van der Waals surface area contributed by atoms with E-state index in [-0.39, 0.29) is 33.7 Å². The molecular formula is C24H19F4N3O5. The van der Waals surface area contributed by atoms with Gasteiger partial charge >= 0.3 is 6.61 Å². The summed E-state index contributed by atoms with van der Waals surface area (Å²) < 4.78 is 76.3. The van der Waals surface area contributed by atoms with Gasteiger partial charge in [-0.05, 0) is 24.3 Å².